The second-order valence-corrected chi connectivity index (χ2v) is 4.45. The van der Waals surface area contributed by atoms with Gasteiger partial charge in [0.05, 0.1) is 11.3 Å². The van der Waals surface area contributed by atoms with Crippen molar-refractivity contribution in [3.05, 3.63) is 46.4 Å². The molecule has 104 valence electrons. The second-order valence-electron chi connectivity index (χ2n) is 4.45. The number of aryl methyl sites for hydroxylation is 1. The Kier molecular flexibility index (Phi) is 4.24. The van der Waals surface area contributed by atoms with E-state index >= 15 is 0 Å². The molecule has 6 nitrogen and oxygen atoms in total. The highest BCUT2D eigenvalue weighted by molar-refractivity contribution is 5.95. The molecule has 0 spiro atoms. The van der Waals surface area contributed by atoms with Crippen LogP contribution in [0.15, 0.2) is 35.3 Å². The molecule has 20 heavy (non-hydrogen) atoms. The number of nitrogens with two attached hydrogens (primary N) is 1. The molecule has 0 unspecified atom stereocenters. The molecule has 0 aliphatic heterocycles. The zero-order chi connectivity index (χ0) is 14.5. The molecule has 0 fully saturated rings. The monoisotopic (exact) mass is 271 g/mol. The molecule has 0 amide bonds. The zero-order valence-corrected chi connectivity index (χ0v) is 11.3. The Balaban J connectivity index is 2.56. The summed E-state index contributed by atoms with van der Waals surface area (Å²) in [5.41, 5.74) is 6.52. The molecule has 0 aliphatic rings. The third-order valence-electron chi connectivity index (χ3n) is 2.92. The second kappa shape index (κ2) is 6.10. The third kappa shape index (κ3) is 2.90. The Hall–Kier alpha value is -2.50. The van der Waals surface area contributed by atoms with Crippen LogP contribution in [0.3, 0.4) is 0 Å². The van der Waals surface area contributed by atoms with Crippen LogP contribution in [0.1, 0.15) is 25.3 Å². The number of amidine groups is 1. The molecule has 2 rings (SSSR count). The van der Waals surface area contributed by atoms with Crippen molar-refractivity contribution in [3.8, 4) is 11.4 Å². The minimum absolute atomic E-state index is 0.164. The van der Waals surface area contributed by atoms with E-state index in [1.165, 1.54) is 10.7 Å². The minimum Gasteiger partial charge on any atom is -0.384 e. The summed E-state index contributed by atoms with van der Waals surface area (Å²) >= 11 is 0. The number of aromatic nitrogens is 3. The van der Waals surface area contributed by atoms with Gasteiger partial charge in [0.1, 0.15) is 11.5 Å². The highest BCUT2D eigenvalue weighted by Crippen LogP contribution is 2.13. The maximum absolute atomic E-state index is 12.2. The van der Waals surface area contributed by atoms with Crippen molar-refractivity contribution in [1.29, 1.82) is 5.41 Å². The quantitative estimate of drug-likeness (QED) is 0.634. The summed E-state index contributed by atoms with van der Waals surface area (Å²) in [7, 11) is 0. The van der Waals surface area contributed by atoms with E-state index in [-0.39, 0.29) is 17.0 Å². The number of nitrogens with one attached hydrogen (secondary N) is 1. The summed E-state index contributed by atoms with van der Waals surface area (Å²) in [6, 6.07) is 6.98. The zero-order valence-electron chi connectivity index (χ0n) is 11.3. The summed E-state index contributed by atoms with van der Waals surface area (Å²) in [4.78, 5) is 16.4. The summed E-state index contributed by atoms with van der Waals surface area (Å²) in [6.07, 6.45) is 3.46. The molecule has 2 aromatic rings. The van der Waals surface area contributed by atoms with Gasteiger partial charge in [-0.15, -0.1) is 0 Å². The largest absolute Gasteiger partial charge is 0.384 e. The molecule has 0 bridgehead atoms. The van der Waals surface area contributed by atoms with Crippen molar-refractivity contribution in [2.45, 2.75) is 26.3 Å². The molecule has 0 saturated carbocycles. The molecule has 6 heteroatoms. The predicted octanol–water partition coefficient (Wildman–Crippen LogP) is 1.39. The van der Waals surface area contributed by atoms with Crippen LogP contribution in [0.4, 0.5) is 0 Å². The lowest BCUT2D eigenvalue weighted by molar-refractivity contribution is 0.544. The van der Waals surface area contributed by atoms with Gasteiger partial charge in [0.25, 0.3) is 5.56 Å². The van der Waals surface area contributed by atoms with Crippen molar-refractivity contribution >= 4 is 5.84 Å². The molecular weight excluding hydrogens is 254 g/mol. The molecule has 2 heterocycles. The fourth-order valence-electron chi connectivity index (χ4n) is 1.83. The summed E-state index contributed by atoms with van der Waals surface area (Å²) < 4.78 is 1.37. The molecule has 0 radical (unpaired) electrons. The number of pyridine rings is 1. The highest BCUT2D eigenvalue weighted by atomic mass is 16.1. The summed E-state index contributed by atoms with van der Waals surface area (Å²) in [6.45, 7) is 2.55. The van der Waals surface area contributed by atoms with Crippen molar-refractivity contribution in [1.82, 2.24) is 14.8 Å². The first-order valence-electron chi connectivity index (χ1n) is 6.51. The van der Waals surface area contributed by atoms with Gasteiger partial charge in [-0.1, -0.05) is 19.4 Å². The Labute approximate surface area is 116 Å². The molecule has 0 aliphatic carbocycles. The number of rotatable bonds is 5. The smallest absolute Gasteiger partial charge is 0.277 e. The van der Waals surface area contributed by atoms with Crippen LogP contribution < -0.4 is 11.3 Å². The van der Waals surface area contributed by atoms with Crippen molar-refractivity contribution in [2.24, 2.45) is 5.73 Å². The van der Waals surface area contributed by atoms with E-state index in [9.17, 15) is 4.79 Å². The summed E-state index contributed by atoms with van der Waals surface area (Å²) in [5.74, 6) is -0.250. The average molecular weight is 271 g/mol. The van der Waals surface area contributed by atoms with Gasteiger partial charge in [-0.05, 0) is 24.6 Å². The lowest BCUT2D eigenvalue weighted by Gasteiger charge is -2.09. The highest BCUT2D eigenvalue weighted by Gasteiger charge is 2.12. The maximum atomic E-state index is 12.2. The Morgan fingerprint density at radius 1 is 1.40 bits per heavy atom. The fraction of sp³-hybridized carbons (Fsp3) is 0.286. The number of hydrogen-bond donors (Lipinski definition) is 2. The van der Waals surface area contributed by atoms with Crippen LogP contribution in [0.5, 0.6) is 0 Å². The molecule has 0 saturated heterocycles. The Morgan fingerprint density at radius 2 is 2.20 bits per heavy atom. The third-order valence-corrected chi connectivity index (χ3v) is 2.92. The first kappa shape index (κ1) is 13.9. The topological polar surface area (TPSA) is 97.7 Å². The predicted molar refractivity (Wildman–Crippen MR) is 77.7 cm³/mol. The number of nitrogens with zero attached hydrogens (tertiary/aromatic N) is 3. The SMILES string of the molecule is CCCCn1nc(-c2ccccn2)cc(C(=N)N)c1=O. The van der Waals surface area contributed by atoms with E-state index in [1.807, 2.05) is 19.1 Å². The van der Waals surface area contributed by atoms with Crippen LogP contribution in [-0.2, 0) is 6.54 Å². The van der Waals surface area contributed by atoms with Gasteiger partial charge in [0, 0.05) is 12.7 Å². The van der Waals surface area contributed by atoms with Crippen LogP contribution in [0.25, 0.3) is 11.4 Å². The van der Waals surface area contributed by atoms with Crippen LogP contribution in [0, 0.1) is 5.41 Å². The van der Waals surface area contributed by atoms with Crippen molar-refractivity contribution < 1.29 is 0 Å². The van der Waals surface area contributed by atoms with Crippen molar-refractivity contribution in [2.75, 3.05) is 0 Å². The van der Waals surface area contributed by atoms with Crippen LogP contribution >= 0.6 is 0 Å². The van der Waals surface area contributed by atoms with Gasteiger partial charge in [-0.3, -0.25) is 15.2 Å². The van der Waals surface area contributed by atoms with Crippen LogP contribution in [-0.4, -0.2) is 20.6 Å². The van der Waals surface area contributed by atoms with Crippen molar-refractivity contribution in [3.63, 3.8) is 0 Å². The average Bonchev–Trinajstić information content (AvgIpc) is 2.46. The Bertz CT molecular complexity index is 663. The standard InChI is InChI=1S/C14H17N5O/c1-2-3-8-19-14(20)10(13(15)16)9-12(18-19)11-6-4-5-7-17-11/h4-7,9H,2-3,8H2,1H3,(H3,15,16). The summed E-state index contributed by atoms with van der Waals surface area (Å²) in [5, 5.41) is 11.8. The molecule has 0 aromatic carbocycles. The Morgan fingerprint density at radius 3 is 2.80 bits per heavy atom. The molecule has 0 atom stereocenters. The molecule has 2 aromatic heterocycles. The normalized spacial score (nSPS) is 10.4. The van der Waals surface area contributed by atoms with E-state index in [0.717, 1.165) is 12.8 Å². The van der Waals surface area contributed by atoms with Gasteiger partial charge >= 0.3 is 0 Å². The first-order valence-corrected chi connectivity index (χ1v) is 6.51. The molecular formula is C14H17N5O. The van der Waals surface area contributed by atoms with Gasteiger partial charge < -0.3 is 5.73 Å². The van der Waals surface area contributed by atoms with E-state index in [4.69, 9.17) is 11.1 Å². The van der Waals surface area contributed by atoms with Gasteiger partial charge in [-0.2, -0.15) is 5.10 Å². The van der Waals surface area contributed by atoms with E-state index in [2.05, 4.69) is 10.1 Å². The number of hydrogen-bond acceptors (Lipinski definition) is 4. The fourth-order valence-corrected chi connectivity index (χ4v) is 1.83. The van der Waals surface area contributed by atoms with E-state index in [1.54, 1.807) is 12.3 Å². The maximum Gasteiger partial charge on any atom is 0.277 e. The van der Waals surface area contributed by atoms with Gasteiger partial charge in [0.2, 0.25) is 0 Å². The molecule has 3 N–H and O–H groups in total. The number of nitrogen functional groups attached to an aromatic ring is 1. The van der Waals surface area contributed by atoms with E-state index < -0.39 is 0 Å². The van der Waals surface area contributed by atoms with Crippen LogP contribution in [0.2, 0.25) is 0 Å². The lowest BCUT2D eigenvalue weighted by atomic mass is 10.2. The minimum atomic E-state index is -0.328. The van der Waals surface area contributed by atoms with Gasteiger partial charge in [-0.25, -0.2) is 4.68 Å². The number of unbranched alkanes of at least 4 members (excludes halogenated alkanes) is 1. The first-order chi connectivity index (χ1) is 9.63. The lowest BCUT2D eigenvalue weighted by Crippen LogP contribution is -2.31. The van der Waals surface area contributed by atoms with Gasteiger partial charge in [0.15, 0.2) is 0 Å². The van der Waals surface area contributed by atoms with E-state index in [0.29, 0.717) is 17.9 Å².